The van der Waals surface area contributed by atoms with Gasteiger partial charge in [0.15, 0.2) is 0 Å². The van der Waals surface area contributed by atoms with Crippen molar-refractivity contribution in [3.63, 3.8) is 0 Å². The zero-order valence-corrected chi connectivity index (χ0v) is 15.7. The summed E-state index contributed by atoms with van der Waals surface area (Å²) in [4.78, 5) is 11.3. The lowest BCUT2D eigenvalue weighted by atomic mass is 10.0. The fourth-order valence-corrected chi connectivity index (χ4v) is 2.57. The number of nitrogens with zero attached hydrogens (tertiary/aromatic N) is 1. The Morgan fingerprint density at radius 2 is 1.70 bits per heavy atom. The lowest BCUT2D eigenvalue weighted by Crippen LogP contribution is -2.06. The van der Waals surface area contributed by atoms with E-state index < -0.39 is 0 Å². The molecule has 0 atom stereocenters. The predicted octanol–water partition coefficient (Wildman–Crippen LogP) is 5.28. The monoisotopic (exact) mass is 363 g/mol. The Hall–Kier alpha value is -3.06. The number of ether oxygens (including phenoxy) is 2. The maximum Gasteiger partial charge on any atom is 0.333 e. The Morgan fingerprint density at radius 1 is 1.00 bits per heavy atom. The average molecular weight is 363 g/mol. The van der Waals surface area contributed by atoms with Crippen LogP contribution in [0.4, 0.5) is 0 Å². The van der Waals surface area contributed by atoms with Crippen LogP contribution in [0.15, 0.2) is 60.7 Å². The first kappa shape index (κ1) is 20.3. The highest BCUT2D eigenvalue weighted by molar-refractivity contribution is 5.86. The first-order valence-corrected chi connectivity index (χ1v) is 9.17. The van der Waals surface area contributed by atoms with Gasteiger partial charge in [-0.15, -0.1) is 0 Å². The second kappa shape index (κ2) is 10.8. The number of carbonyl (C=O) groups excluding carboxylic acids is 1. The number of hydrogen-bond donors (Lipinski definition) is 0. The van der Waals surface area contributed by atoms with Gasteiger partial charge in [0.1, 0.15) is 11.8 Å². The fourth-order valence-electron chi connectivity index (χ4n) is 2.57. The number of esters is 1. The summed E-state index contributed by atoms with van der Waals surface area (Å²) in [5.74, 6) is 0.287. The summed E-state index contributed by atoms with van der Waals surface area (Å²) in [6, 6.07) is 17.9. The molecule has 0 aromatic heterocycles. The highest BCUT2D eigenvalue weighted by Gasteiger charge is 2.07. The van der Waals surface area contributed by atoms with E-state index in [-0.39, 0.29) is 5.97 Å². The predicted molar refractivity (Wildman–Crippen MR) is 106 cm³/mol. The van der Waals surface area contributed by atoms with Gasteiger partial charge in [-0.25, -0.2) is 4.79 Å². The zero-order chi connectivity index (χ0) is 19.5. The van der Waals surface area contributed by atoms with Crippen LogP contribution < -0.4 is 4.74 Å². The smallest absolute Gasteiger partial charge is 0.333 e. The molecule has 27 heavy (non-hydrogen) atoms. The third-order valence-corrected chi connectivity index (χ3v) is 4.09. The SMILES string of the molecule is C=C(C)C(=O)OCCCCCCOc1cc(-c2ccccc2)ccc1C#N. The molecule has 0 unspecified atom stereocenters. The van der Waals surface area contributed by atoms with E-state index >= 15 is 0 Å². The molecule has 4 nitrogen and oxygen atoms in total. The molecule has 0 fully saturated rings. The largest absolute Gasteiger partial charge is 0.492 e. The first-order chi connectivity index (χ1) is 13.1. The number of rotatable bonds is 10. The molecule has 0 aliphatic heterocycles. The van der Waals surface area contributed by atoms with E-state index in [1.54, 1.807) is 13.0 Å². The van der Waals surface area contributed by atoms with E-state index in [4.69, 9.17) is 9.47 Å². The van der Waals surface area contributed by atoms with Crippen molar-refractivity contribution in [3.05, 3.63) is 66.2 Å². The number of benzene rings is 2. The summed E-state index contributed by atoms with van der Waals surface area (Å²) in [5, 5.41) is 9.29. The van der Waals surface area contributed by atoms with Crippen LogP contribution in [0.25, 0.3) is 11.1 Å². The molecular formula is C23H25NO3. The van der Waals surface area contributed by atoms with E-state index in [9.17, 15) is 10.1 Å². The van der Waals surface area contributed by atoms with Gasteiger partial charge in [0.05, 0.1) is 18.8 Å². The molecule has 0 heterocycles. The lowest BCUT2D eigenvalue weighted by molar-refractivity contribution is -0.139. The molecule has 0 amide bonds. The summed E-state index contributed by atoms with van der Waals surface area (Å²) in [7, 11) is 0. The van der Waals surface area contributed by atoms with Crippen LogP contribution >= 0.6 is 0 Å². The molecule has 2 aromatic carbocycles. The molecule has 4 heteroatoms. The van der Waals surface area contributed by atoms with E-state index in [1.165, 1.54) is 0 Å². The Morgan fingerprint density at radius 3 is 2.37 bits per heavy atom. The van der Waals surface area contributed by atoms with Gasteiger partial charge in [0.25, 0.3) is 0 Å². The van der Waals surface area contributed by atoms with Crippen molar-refractivity contribution >= 4 is 5.97 Å². The third kappa shape index (κ3) is 6.63. The molecule has 0 spiro atoms. The Bertz CT molecular complexity index is 806. The second-order valence-corrected chi connectivity index (χ2v) is 6.37. The van der Waals surface area contributed by atoms with Crippen molar-refractivity contribution in [2.24, 2.45) is 0 Å². The van der Waals surface area contributed by atoms with Crippen LogP contribution in [-0.2, 0) is 9.53 Å². The number of nitriles is 1. The van der Waals surface area contributed by atoms with Gasteiger partial charge in [-0.05, 0) is 55.9 Å². The fraction of sp³-hybridized carbons (Fsp3) is 0.304. The maximum absolute atomic E-state index is 11.3. The minimum atomic E-state index is -0.333. The van der Waals surface area contributed by atoms with Crippen LogP contribution in [0.2, 0.25) is 0 Å². The number of unbranched alkanes of at least 4 members (excludes halogenated alkanes) is 3. The van der Waals surface area contributed by atoms with Crippen molar-refractivity contribution < 1.29 is 14.3 Å². The molecular weight excluding hydrogens is 338 g/mol. The summed E-state index contributed by atoms with van der Waals surface area (Å²) >= 11 is 0. The maximum atomic E-state index is 11.3. The van der Waals surface area contributed by atoms with Crippen molar-refractivity contribution in [2.75, 3.05) is 13.2 Å². The summed E-state index contributed by atoms with van der Waals surface area (Å²) in [6.07, 6.45) is 3.65. The summed E-state index contributed by atoms with van der Waals surface area (Å²) < 4.78 is 10.9. The normalized spacial score (nSPS) is 10.1. The number of carbonyl (C=O) groups is 1. The van der Waals surface area contributed by atoms with E-state index in [0.717, 1.165) is 36.8 Å². The summed E-state index contributed by atoms with van der Waals surface area (Å²) in [6.45, 7) is 6.16. The van der Waals surface area contributed by atoms with Crippen LogP contribution in [-0.4, -0.2) is 19.2 Å². The van der Waals surface area contributed by atoms with Crippen LogP contribution in [0.5, 0.6) is 5.75 Å². The Kier molecular flexibility index (Phi) is 8.12. The molecule has 0 N–H and O–H groups in total. The average Bonchev–Trinajstić information content (AvgIpc) is 2.70. The Labute approximate surface area is 161 Å². The molecule has 0 saturated heterocycles. The van der Waals surface area contributed by atoms with Gasteiger partial charge in [-0.2, -0.15) is 5.26 Å². The van der Waals surface area contributed by atoms with E-state index in [1.807, 2.05) is 42.5 Å². The van der Waals surface area contributed by atoms with E-state index in [2.05, 4.69) is 12.6 Å². The van der Waals surface area contributed by atoms with Crippen LogP contribution in [0, 0.1) is 11.3 Å². The minimum absolute atomic E-state index is 0.333. The van der Waals surface area contributed by atoms with Gasteiger partial charge >= 0.3 is 5.97 Å². The van der Waals surface area contributed by atoms with Gasteiger partial charge in [0, 0.05) is 5.57 Å². The molecule has 2 aromatic rings. The minimum Gasteiger partial charge on any atom is -0.492 e. The van der Waals surface area contributed by atoms with Gasteiger partial charge in [-0.3, -0.25) is 0 Å². The quantitative estimate of drug-likeness (QED) is 0.327. The highest BCUT2D eigenvalue weighted by atomic mass is 16.5. The van der Waals surface area contributed by atoms with Crippen LogP contribution in [0.3, 0.4) is 0 Å². The lowest BCUT2D eigenvalue weighted by Gasteiger charge is -2.10. The second-order valence-electron chi connectivity index (χ2n) is 6.37. The van der Waals surface area contributed by atoms with Gasteiger partial charge < -0.3 is 9.47 Å². The molecule has 2 rings (SSSR count). The van der Waals surface area contributed by atoms with Crippen molar-refractivity contribution in [2.45, 2.75) is 32.6 Å². The first-order valence-electron chi connectivity index (χ1n) is 9.17. The van der Waals surface area contributed by atoms with Crippen molar-refractivity contribution in [1.29, 1.82) is 5.26 Å². The standard InChI is InChI=1S/C23H25NO3/c1-18(2)23(25)27-15-9-4-3-8-14-26-22-16-20(12-13-21(22)17-24)19-10-6-5-7-11-19/h5-7,10-13,16H,1,3-4,8-9,14-15H2,2H3. The van der Waals surface area contributed by atoms with E-state index in [0.29, 0.717) is 30.1 Å². The molecule has 0 saturated carbocycles. The topological polar surface area (TPSA) is 59.3 Å². The highest BCUT2D eigenvalue weighted by Crippen LogP contribution is 2.27. The molecule has 0 aliphatic carbocycles. The van der Waals surface area contributed by atoms with Gasteiger partial charge in [-0.1, -0.05) is 43.0 Å². The summed E-state index contributed by atoms with van der Waals surface area (Å²) in [5.41, 5.74) is 3.09. The van der Waals surface area contributed by atoms with Crippen molar-refractivity contribution in [3.8, 4) is 22.9 Å². The molecule has 0 radical (unpaired) electrons. The molecule has 140 valence electrons. The zero-order valence-electron chi connectivity index (χ0n) is 15.7. The van der Waals surface area contributed by atoms with Crippen molar-refractivity contribution in [1.82, 2.24) is 0 Å². The number of hydrogen-bond acceptors (Lipinski definition) is 4. The molecule has 0 bridgehead atoms. The molecule has 0 aliphatic rings. The third-order valence-electron chi connectivity index (χ3n) is 4.09. The Balaban J connectivity index is 1.76. The van der Waals surface area contributed by atoms with Gasteiger partial charge in [0.2, 0.25) is 0 Å². The van der Waals surface area contributed by atoms with Crippen LogP contribution in [0.1, 0.15) is 38.2 Å².